The molecule has 0 atom stereocenters. The Bertz CT molecular complexity index is 489. The van der Waals surface area contributed by atoms with Crippen molar-refractivity contribution in [2.24, 2.45) is 0 Å². The molecule has 5 nitrogen and oxygen atoms in total. The minimum atomic E-state index is -0.0575. The lowest BCUT2D eigenvalue weighted by molar-refractivity contribution is 0.0956. The van der Waals surface area contributed by atoms with E-state index in [0.29, 0.717) is 25.3 Å². The van der Waals surface area contributed by atoms with Gasteiger partial charge in [0.15, 0.2) is 0 Å². The van der Waals surface area contributed by atoms with Crippen molar-refractivity contribution in [3.8, 4) is 5.75 Å². The van der Waals surface area contributed by atoms with Gasteiger partial charge in [0.05, 0.1) is 6.61 Å². The number of hydrogen-bond donors (Lipinski definition) is 2. The van der Waals surface area contributed by atoms with Crippen LogP contribution in [0.15, 0.2) is 35.9 Å². The molecule has 1 aromatic carbocycles. The number of methoxy groups -OCH3 is 1. The van der Waals surface area contributed by atoms with E-state index < -0.39 is 0 Å². The van der Waals surface area contributed by atoms with E-state index in [1.807, 2.05) is 0 Å². The minimum Gasteiger partial charge on any atom is -0.491 e. The largest absolute Gasteiger partial charge is 0.491 e. The van der Waals surface area contributed by atoms with E-state index in [-0.39, 0.29) is 18.3 Å². The highest BCUT2D eigenvalue weighted by Crippen LogP contribution is 2.12. The summed E-state index contributed by atoms with van der Waals surface area (Å²) in [7, 11) is 1.63. The van der Waals surface area contributed by atoms with Gasteiger partial charge in [-0.05, 0) is 37.2 Å². The molecule has 1 heterocycles. The van der Waals surface area contributed by atoms with Gasteiger partial charge in [-0.25, -0.2) is 0 Å². The summed E-state index contributed by atoms with van der Waals surface area (Å²) in [6, 6.07) is 7.14. The second-order valence-corrected chi connectivity index (χ2v) is 4.86. The first-order valence-corrected chi connectivity index (χ1v) is 7.18. The Morgan fingerprint density at radius 2 is 2.05 bits per heavy atom. The van der Waals surface area contributed by atoms with E-state index in [1.54, 1.807) is 31.4 Å². The Morgan fingerprint density at radius 3 is 2.68 bits per heavy atom. The zero-order valence-corrected chi connectivity index (χ0v) is 13.6. The first kappa shape index (κ1) is 18.5. The monoisotopic (exact) mass is 326 g/mol. The fourth-order valence-corrected chi connectivity index (χ4v) is 2.07. The smallest absolute Gasteiger partial charge is 0.251 e. The standard InChI is InChI=1S/C16H22N2O3.ClH/c1-20-10-11-21-15-4-2-14(3-5-15)16(19)18-12-13-6-8-17-9-7-13;/h2-6,17H,7-12H2,1H3,(H,18,19);1H. The molecule has 1 aliphatic heterocycles. The predicted octanol–water partition coefficient (Wildman–Crippen LogP) is 1.78. The Labute approximate surface area is 137 Å². The topological polar surface area (TPSA) is 59.6 Å². The van der Waals surface area contributed by atoms with E-state index in [1.165, 1.54) is 5.57 Å². The summed E-state index contributed by atoms with van der Waals surface area (Å²) in [6.07, 6.45) is 3.13. The van der Waals surface area contributed by atoms with Gasteiger partial charge in [-0.15, -0.1) is 12.4 Å². The minimum absolute atomic E-state index is 0. The normalized spacial score (nSPS) is 13.8. The van der Waals surface area contributed by atoms with Gasteiger partial charge in [0.2, 0.25) is 0 Å². The van der Waals surface area contributed by atoms with Crippen LogP contribution in [-0.4, -0.2) is 45.9 Å². The second-order valence-electron chi connectivity index (χ2n) is 4.86. The highest BCUT2D eigenvalue weighted by atomic mass is 35.5. The van der Waals surface area contributed by atoms with Crippen LogP contribution < -0.4 is 15.4 Å². The Balaban J connectivity index is 0.00000242. The third kappa shape index (κ3) is 6.05. The molecular weight excluding hydrogens is 304 g/mol. The molecule has 0 unspecified atom stereocenters. The fourth-order valence-electron chi connectivity index (χ4n) is 2.07. The molecule has 2 rings (SSSR count). The van der Waals surface area contributed by atoms with Gasteiger partial charge in [-0.3, -0.25) is 4.79 Å². The first-order chi connectivity index (χ1) is 10.3. The van der Waals surface area contributed by atoms with Gasteiger partial charge in [0, 0.05) is 25.8 Å². The third-order valence-electron chi connectivity index (χ3n) is 3.31. The van der Waals surface area contributed by atoms with Gasteiger partial charge >= 0.3 is 0 Å². The summed E-state index contributed by atoms with van der Waals surface area (Å²) < 4.78 is 10.4. The van der Waals surface area contributed by atoms with Crippen LogP contribution in [0.3, 0.4) is 0 Å². The Kier molecular flexibility index (Phi) is 8.58. The van der Waals surface area contributed by atoms with Crippen molar-refractivity contribution >= 4 is 18.3 Å². The average molecular weight is 327 g/mol. The van der Waals surface area contributed by atoms with Gasteiger partial charge < -0.3 is 20.1 Å². The number of halogens is 1. The van der Waals surface area contributed by atoms with Crippen molar-refractivity contribution in [3.05, 3.63) is 41.5 Å². The van der Waals surface area contributed by atoms with Gasteiger partial charge in [0.25, 0.3) is 5.91 Å². The Hall–Kier alpha value is -1.56. The molecule has 0 bridgehead atoms. The number of amides is 1. The molecule has 0 spiro atoms. The van der Waals surface area contributed by atoms with Crippen LogP contribution in [-0.2, 0) is 4.74 Å². The van der Waals surface area contributed by atoms with E-state index >= 15 is 0 Å². The van der Waals surface area contributed by atoms with Crippen LogP contribution in [0.5, 0.6) is 5.75 Å². The molecule has 0 saturated carbocycles. The number of carbonyl (C=O) groups is 1. The average Bonchev–Trinajstić information content (AvgIpc) is 2.54. The van der Waals surface area contributed by atoms with Crippen LogP contribution >= 0.6 is 12.4 Å². The highest BCUT2D eigenvalue weighted by molar-refractivity contribution is 5.94. The number of rotatable bonds is 7. The molecular formula is C16H23ClN2O3. The fraction of sp³-hybridized carbons (Fsp3) is 0.438. The zero-order chi connectivity index (χ0) is 14.9. The molecule has 0 saturated heterocycles. The maximum atomic E-state index is 12.0. The maximum Gasteiger partial charge on any atom is 0.251 e. The third-order valence-corrected chi connectivity index (χ3v) is 3.31. The highest BCUT2D eigenvalue weighted by Gasteiger charge is 2.08. The molecule has 0 aromatic heterocycles. The van der Waals surface area contributed by atoms with Crippen LogP contribution in [0.2, 0.25) is 0 Å². The summed E-state index contributed by atoms with van der Waals surface area (Å²) in [4.78, 5) is 12.0. The lowest BCUT2D eigenvalue weighted by atomic mass is 10.1. The van der Waals surface area contributed by atoms with E-state index in [4.69, 9.17) is 9.47 Å². The number of carbonyl (C=O) groups excluding carboxylic acids is 1. The van der Waals surface area contributed by atoms with Crippen LogP contribution in [0.4, 0.5) is 0 Å². The SMILES string of the molecule is COCCOc1ccc(C(=O)NCC2=CCNCC2)cc1.Cl. The number of nitrogens with one attached hydrogen (secondary N) is 2. The van der Waals surface area contributed by atoms with Gasteiger partial charge in [-0.1, -0.05) is 11.6 Å². The molecule has 22 heavy (non-hydrogen) atoms. The van der Waals surface area contributed by atoms with E-state index in [0.717, 1.165) is 25.3 Å². The maximum absolute atomic E-state index is 12.0. The molecule has 0 radical (unpaired) electrons. The molecule has 122 valence electrons. The summed E-state index contributed by atoms with van der Waals surface area (Å²) in [5.41, 5.74) is 1.92. The second kappa shape index (κ2) is 10.2. The van der Waals surface area contributed by atoms with E-state index in [2.05, 4.69) is 16.7 Å². The molecule has 2 N–H and O–H groups in total. The van der Waals surface area contributed by atoms with Crippen LogP contribution in [0, 0.1) is 0 Å². The summed E-state index contributed by atoms with van der Waals surface area (Å²) in [5, 5.41) is 6.19. The molecule has 6 heteroatoms. The van der Waals surface area contributed by atoms with Crippen molar-refractivity contribution < 1.29 is 14.3 Å². The van der Waals surface area contributed by atoms with Gasteiger partial charge in [0.1, 0.15) is 12.4 Å². The first-order valence-electron chi connectivity index (χ1n) is 7.18. The summed E-state index contributed by atoms with van der Waals surface area (Å²) in [5.74, 6) is 0.683. The zero-order valence-electron chi connectivity index (χ0n) is 12.8. The van der Waals surface area contributed by atoms with Crippen LogP contribution in [0.1, 0.15) is 16.8 Å². The summed E-state index contributed by atoms with van der Waals surface area (Å²) >= 11 is 0. The summed E-state index contributed by atoms with van der Waals surface area (Å²) in [6.45, 7) is 3.54. The van der Waals surface area contributed by atoms with Crippen molar-refractivity contribution in [1.29, 1.82) is 0 Å². The Morgan fingerprint density at radius 1 is 1.27 bits per heavy atom. The number of benzene rings is 1. The van der Waals surface area contributed by atoms with Crippen LogP contribution in [0.25, 0.3) is 0 Å². The van der Waals surface area contributed by atoms with Crippen molar-refractivity contribution in [2.45, 2.75) is 6.42 Å². The molecule has 1 amide bonds. The quantitative estimate of drug-likeness (QED) is 0.592. The molecule has 0 aliphatic carbocycles. The number of ether oxygens (including phenoxy) is 2. The predicted molar refractivity (Wildman–Crippen MR) is 89.0 cm³/mol. The van der Waals surface area contributed by atoms with Crippen molar-refractivity contribution in [3.63, 3.8) is 0 Å². The van der Waals surface area contributed by atoms with Gasteiger partial charge in [-0.2, -0.15) is 0 Å². The molecule has 0 fully saturated rings. The van der Waals surface area contributed by atoms with Crippen molar-refractivity contribution in [2.75, 3.05) is 40.0 Å². The van der Waals surface area contributed by atoms with E-state index in [9.17, 15) is 4.79 Å². The number of hydrogen-bond acceptors (Lipinski definition) is 4. The lowest BCUT2D eigenvalue weighted by Crippen LogP contribution is -2.29. The molecule has 1 aliphatic rings. The lowest BCUT2D eigenvalue weighted by Gasteiger charge is -2.14. The molecule has 1 aromatic rings. The van der Waals surface area contributed by atoms with Crippen molar-refractivity contribution in [1.82, 2.24) is 10.6 Å².